The second kappa shape index (κ2) is 6.36. The van der Waals surface area contributed by atoms with Gasteiger partial charge in [-0.05, 0) is 31.7 Å². The summed E-state index contributed by atoms with van der Waals surface area (Å²) >= 11 is 0. The lowest BCUT2D eigenvalue weighted by Gasteiger charge is -2.35. The minimum absolute atomic E-state index is 0.0267. The molecule has 1 amide bonds. The van der Waals surface area contributed by atoms with Crippen molar-refractivity contribution in [2.45, 2.75) is 44.7 Å². The smallest absolute Gasteiger partial charge is 0.303 e. The number of aromatic nitrogens is 2. The Labute approximate surface area is 112 Å². The van der Waals surface area contributed by atoms with Gasteiger partial charge in [0, 0.05) is 31.4 Å². The van der Waals surface area contributed by atoms with Gasteiger partial charge >= 0.3 is 5.97 Å². The average Bonchev–Trinajstić information content (AvgIpc) is 2.89. The zero-order valence-electron chi connectivity index (χ0n) is 10.9. The van der Waals surface area contributed by atoms with Crippen molar-refractivity contribution < 1.29 is 14.7 Å². The van der Waals surface area contributed by atoms with Crippen LogP contribution < -0.4 is 0 Å². The summed E-state index contributed by atoms with van der Waals surface area (Å²) in [5, 5.41) is 12.8. The van der Waals surface area contributed by atoms with E-state index in [4.69, 9.17) is 5.11 Å². The third-order valence-corrected chi connectivity index (χ3v) is 3.50. The van der Waals surface area contributed by atoms with Gasteiger partial charge < -0.3 is 10.0 Å². The number of piperidine rings is 1. The highest BCUT2D eigenvalue weighted by Gasteiger charge is 2.26. The van der Waals surface area contributed by atoms with E-state index in [1.54, 1.807) is 23.1 Å². The van der Waals surface area contributed by atoms with Crippen molar-refractivity contribution in [3.8, 4) is 0 Å². The van der Waals surface area contributed by atoms with Crippen LogP contribution in [0.2, 0.25) is 0 Å². The largest absolute Gasteiger partial charge is 0.481 e. The average molecular weight is 265 g/mol. The summed E-state index contributed by atoms with van der Waals surface area (Å²) in [7, 11) is 0. The van der Waals surface area contributed by atoms with Crippen LogP contribution in [-0.2, 0) is 16.1 Å². The number of hydrogen-bond donors (Lipinski definition) is 1. The molecule has 1 saturated heterocycles. The van der Waals surface area contributed by atoms with E-state index in [-0.39, 0.29) is 24.9 Å². The molecule has 1 atom stereocenters. The van der Waals surface area contributed by atoms with Crippen LogP contribution in [0.1, 0.15) is 32.1 Å². The Kier molecular flexibility index (Phi) is 4.54. The van der Waals surface area contributed by atoms with Crippen LogP contribution in [0.4, 0.5) is 0 Å². The van der Waals surface area contributed by atoms with Crippen LogP contribution in [-0.4, -0.2) is 44.3 Å². The second-order valence-corrected chi connectivity index (χ2v) is 4.87. The molecule has 1 aliphatic heterocycles. The molecule has 2 heterocycles. The minimum atomic E-state index is -0.801. The van der Waals surface area contributed by atoms with Gasteiger partial charge in [-0.1, -0.05) is 0 Å². The standard InChI is InChI=1S/C13H19N3O3/c17-12(10-15-8-3-7-14-15)16-9-2-1-4-11(16)5-6-13(18)19/h3,7-8,11H,1-2,4-6,9-10H2,(H,18,19)/t11-/m0/s1. The quantitative estimate of drug-likeness (QED) is 0.866. The Morgan fingerprint density at radius 1 is 1.37 bits per heavy atom. The first-order valence-corrected chi connectivity index (χ1v) is 6.65. The molecule has 1 fully saturated rings. The minimum Gasteiger partial charge on any atom is -0.481 e. The summed E-state index contributed by atoms with van der Waals surface area (Å²) in [6.07, 6.45) is 7.03. The van der Waals surface area contributed by atoms with E-state index in [1.165, 1.54) is 0 Å². The molecule has 0 aromatic carbocycles. The Balaban J connectivity index is 1.94. The number of nitrogens with zero attached hydrogens (tertiary/aromatic N) is 3. The molecule has 1 aromatic rings. The lowest BCUT2D eigenvalue weighted by Crippen LogP contribution is -2.45. The van der Waals surface area contributed by atoms with Crippen molar-refractivity contribution in [2.24, 2.45) is 0 Å². The molecule has 6 nitrogen and oxygen atoms in total. The molecule has 0 unspecified atom stereocenters. The molecule has 104 valence electrons. The molecule has 0 bridgehead atoms. The van der Waals surface area contributed by atoms with Gasteiger partial charge in [0.2, 0.25) is 5.91 Å². The fraction of sp³-hybridized carbons (Fsp3) is 0.615. The van der Waals surface area contributed by atoms with Gasteiger partial charge in [-0.25, -0.2) is 0 Å². The molecular formula is C13H19N3O3. The number of rotatable bonds is 5. The van der Waals surface area contributed by atoms with E-state index in [1.807, 2.05) is 4.90 Å². The van der Waals surface area contributed by atoms with Crippen molar-refractivity contribution in [3.63, 3.8) is 0 Å². The second-order valence-electron chi connectivity index (χ2n) is 4.87. The lowest BCUT2D eigenvalue weighted by atomic mass is 9.98. The SMILES string of the molecule is O=C(O)CC[C@@H]1CCCCN1C(=O)Cn1cccn1. The highest BCUT2D eigenvalue weighted by Crippen LogP contribution is 2.21. The molecule has 0 radical (unpaired) electrons. The number of carboxylic acid groups (broad SMARTS) is 1. The molecule has 19 heavy (non-hydrogen) atoms. The van der Waals surface area contributed by atoms with Gasteiger partial charge in [-0.3, -0.25) is 14.3 Å². The molecule has 2 rings (SSSR count). The maximum absolute atomic E-state index is 12.2. The first-order valence-electron chi connectivity index (χ1n) is 6.65. The van der Waals surface area contributed by atoms with E-state index in [0.717, 1.165) is 25.8 Å². The van der Waals surface area contributed by atoms with E-state index in [9.17, 15) is 9.59 Å². The Morgan fingerprint density at radius 3 is 2.89 bits per heavy atom. The number of carbonyl (C=O) groups excluding carboxylic acids is 1. The summed E-state index contributed by atoms with van der Waals surface area (Å²) in [5.41, 5.74) is 0. The summed E-state index contributed by atoms with van der Waals surface area (Å²) in [6, 6.07) is 1.85. The van der Waals surface area contributed by atoms with Crippen molar-refractivity contribution in [1.82, 2.24) is 14.7 Å². The van der Waals surface area contributed by atoms with Gasteiger partial charge in [-0.2, -0.15) is 5.10 Å². The van der Waals surface area contributed by atoms with Crippen LogP contribution in [0.15, 0.2) is 18.5 Å². The fourth-order valence-corrected chi connectivity index (χ4v) is 2.54. The number of amides is 1. The Hall–Kier alpha value is -1.85. The third-order valence-electron chi connectivity index (χ3n) is 3.50. The van der Waals surface area contributed by atoms with Gasteiger partial charge in [0.1, 0.15) is 6.54 Å². The normalized spacial score (nSPS) is 19.4. The van der Waals surface area contributed by atoms with Crippen LogP contribution in [0.5, 0.6) is 0 Å². The van der Waals surface area contributed by atoms with E-state index in [0.29, 0.717) is 6.42 Å². The zero-order valence-corrected chi connectivity index (χ0v) is 10.9. The van der Waals surface area contributed by atoms with Crippen molar-refractivity contribution in [3.05, 3.63) is 18.5 Å². The molecule has 1 N–H and O–H groups in total. The van der Waals surface area contributed by atoms with Crippen molar-refractivity contribution >= 4 is 11.9 Å². The number of aliphatic carboxylic acids is 1. The van der Waals surface area contributed by atoms with E-state index in [2.05, 4.69) is 5.10 Å². The molecular weight excluding hydrogens is 246 g/mol. The van der Waals surface area contributed by atoms with E-state index < -0.39 is 5.97 Å². The topological polar surface area (TPSA) is 75.4 Å². The summed E-state index contributed by atoms with van der Waals surface area (Å²) in [4.78, 5) is 24.7. The van der Waals surface area contributed by atoms with Crippen molar-refractivity contribution in [2.75, 3.05) is 6.54 Å². The number of likely N-dealkylation sites (tertiary alicyclic amines) is 1. The number of carboxylic acids is 1. The van der Waals surface area contributed by atoms with Crippen LogP contribution in [0.25, 0.3) is 0 Å². The van der Waals surface area contributed by atoms with Crippen LogP contribution >= 0.6 is 0 Å². The van der Waals surface area contributed by atoms with Gasteiger partial charge in [-0.15, -0.1) is 0 Å². The first-order chi connectivity index (χ1) is 9.16. The molecule has 0 spiro atoms. The lowest BCUT2D eigenvalue weighted by molar-refractivity contribution is -0.140. The Morgan fingerprint density at radius 2 is 2.21 bits per heavy atom. The monoisotopic (exact) mass is 265 g/mol. The number of carbonyl (C=O) groups is 2. The third kappa shape index (κ3) is 3.81. The van der Waals surface area contributed by atoms with Crippen molar-refractivity contribution in [1.29, 1.82) is 0 Å². The molecule has 1 aromatic heterocycles. The summed E-state index contributed by atoms with van der Waals surface area (Å²) in [6.45, 7) is 0.959. The maximum Gasteiger partial charge on any atom is 0.303 e. The van der Waals surface area contributed by atoms with Gasteiger partial charge in [0.25, 0.3) is 0 Å². The van der Waals surface area contributed by atoms with Gasteiger partial charge in [0.15, 0.2) is 0 Å². The predicted molar refractivity (Wildman–Crippen MR) is 68.4 cm³/mol. The number of hydrogen-bond acceptors (Lipinski definition) is 3. The van der Waals surface area contributed by atoms with Gasteiger partial charge in [0.05, 0.1) is 0 Å². The molecule has 0 saturated carbocycles. The van der Waals surface area contributed by atoms with Crippen LogP contribution in [0.3, 0.4) is 0 Å². The molecule has 6 heteroatoms. The molecule has 0 aliphatic carbocycles. The highest BCUT2D eigenvalue weighted by molar-refractivity contribution is 5.76. The Bertz CT molecular complexity index is 430. The maximum atomic E-state index is 12.2. The zero-order chi connectivity index (χ0) is 13.7. The predicted octanol–water partition coefficient (Wildman–Crippen LogP) is 1.13. The highest BCUT2D eigenvalue weighted by atomic mass is 16.4. The van der Waals surface area contributed by atoms with E-state index >= 15 is 0 Å². The summed E-state index contributed by atoms with van der Waals surface area (Å²) in [5.74, 6) is -0.774. The van der Waals surface area contributed by atoms with Crippen LogP contribution in [0, 0.1) is 0 Å². The first kappa shape index (κ1) is 13.6. The fourth-order valence-electron chi connectivity index (χ4n) is 2.54. The molecule has 1 aliphatic rings. The summed E-state index contributed by atoms with van der Waals surface area (Å²) < 4.78 is 1.60.